The number of fused-ring (bicyclic) bond motifs is 1. The summed E-state index contributed by atoms with van der Waals surface area (Å²) in [5.74, 6) is 1.65. The third-order valence-electron chi connectivity index (χ3n) is 2.83. The van der Waals surface area contributed by atoms with E-state index >= 15 is 0 Å². The van der Waals surface area contributed by atoms with Crippen LogP contribution in [0.5, 0.6) is 11.5 Å². The summed E-state index contributed by atoms with van der Waals surface area (Å²) in [5.41, 5.74) is 1.18. The molecule has 1 N–H and O–H groups in total. The smallest absolute Gasteiger partial charge is 0.231 e. The lowest BCUT2D eigenvalue weighted by Gasteiger charge is -2.07. The average molecular weight is 267 g/mol. The zero-order valence-electron chi connectivity index (χ0n) is 11.3. The Kier molecular flexibility index (Phi) is 5.94. The van der Waals surface area contributed by atoms with Crippen molar-refractivity contribution in [3.63, 3.8) is 0 Å². The molecule has 5 nitrogen and oxygen atoms in total. The minimum atomic E-state index is 0.321. The molecule has 0 fully saturated rings. The molecule has 1 aliphatic rings. The number of hydrogen-bond acceptors (Lipinski definition) is 5. The van der Waals surface area contributed by atoms with Gasteiger partial charge in [0.1, 0.15) is 0 Å². The van der Waals surface area contributed by atoms with Gasteiger partial charge in [-0.15, -0.1) is 0 Å². The molecule has 5 heteroatoms. The van der Waals surface area contributed by atoms with Crippen LogP contribution < -0.4 is 14.8 Å². The Hall–Kier alpha value is -1.30. The number of methoxy groups -OCH3 is 1. The van der Waals surface area contributed by atoms with Crippen molar-refractivity contribution in [2.75, 3.05) is 40.3 Å². The minimum absolute atomic E-state index is 0.321. The monoisotopic (exact) mass is 267 g/mol. The molecule has 0 amide bonds. The Morgan fingerprint density at radius 1 is 1.16 bits per heavy atom. The van der Waals surface area contributed by atoms with Gasteiger partial charge in [0.2, 0.25) is 6.79 Å². The molecule has 19 heavy (non-hydrogen) atoms. The lowest BCUT2D eigenvalue weighted by molar-refractivity contribution is 0.104. The van der Waals surface area contributed by atoms with E-state index in [0.29, 0.717) is 13.4 Å². The molecule has 0 aliphatic carbocycles. The molecule has 1 heterocycles. The number of hydrogen-bond donors (Lipinski definition) is 1. The maximum absolute atomic E-state index is 5.46. The summed E-state index contributed by atoms with van der Waals surface area (Å²) in [5, 5.41) is 3.33. The first-order valence-corrected chi connectivity index (χ1v) is 6.56. The van der Waals surface area contributed by atoms with Gasteiger partial charge in [0.25, 0.3) is 0 Å². The largest absolute Gasteiger partial charge is 0.454 e. The van der Waals surface area contributed by atoms with Crippen LogP contribution in [-0.4, -0.2) is 40.3 Å². The van der Waals surface area contributed by atoms with Crippen molar-refractivity contribution in [2.45, 2.75) is 13.0 Å². The van der Waals surface area contributed by atoms with E-state index in [1.165, 1.54) is 5.56 Å². The van der Waals surface area contributed by atoms with Crippen molar-refractivity contribution in [3.8, 4) is 11.5 Å². The second kappa shape index (κ2) is 7.99. The molecule has 0 saturated carbocycles. The molecule has 0 bridgehead atoms. The van der Waals surface area contributed by atoms with Crippen molar-refractivity contribution in [2.24, 2.45) is 0 Å². The van der Waals surface area contributed by atoms with Crippen LogP contribution >= 0.6 is 0 Å². The van der Waals surface area contributed by atoms with E-state index in [1.54, 1.807) is 7.11 Å². The summed E-state index contributed by atoms with van der Waals surface area (Å²) in [6.07, 6.45) is 0.943. The van der Waals surface area contributed by atoms with Gasteiger partial charge in [0, 0.05) is 33.4 Å². The molecular weight excluding hydrogens is 246 g/mol. The zero-order valence-corrected chi connectivity index (χ0v) is 11.3. The molecule has 106 valence electrons. The lowest BCUT2D eigenvalue weighted by Crippen LogP contribution is -2.19. The molecule has 1 aromatic rings. The van der Waals surface area contributed by atoms with E-state index in [2.05, 4.69) is 5.32 Å². The van der Waals surface area contributed by atoms with Crippen molar-refractivity contribution in [1.29, 1.82) is 0 Å². The Labute approximate surface area is 113 Å². The van der Waals surface area contributed by atoms with E-state index in [1.807, 2.05) is 18.2 Å². The van der Waals surface area contributed by atoms with Crippen LogP contribution in [0.3, 0.4) is 0 Å². The van der Waals surface area contributed by atoms with Crippen molar-refractivity contribution >= 4 is 0 Å². The van der Waals surface area contributed by atoms with Crippen molar-refractivity contribution in [3.05, 3.63) is 23.8 Å². The van der Waals surface area contributed by atoms with Crippen LogP contribution in [-0.2, 0) is 16.0 Å². The molecule has 1 aromatic carbocycles. The molecule has 1 aliphatic heterocycles. The maximum atomic E-state index is 5.46. The number of rotatable bonds is 9. The van der Waals surface area contributed by atoms with E-state index < -0.39 is 0 Å². The van der Waals surface area contributed by atoms with E-state index in [4.69, 9.17) is 18.9 Å². The number of nitrogens with one attached hydrogen (secondary N) is 1. The summed E-state index contributed by atoms with van der Waals surface area (Å²) in [4.78, 5) is 0. The molecule has 0 aromatic heterocycles. The molecule has 0 spiro atoms. The Bertz CT molecular complexity index is 384. The highest BCUT2D eigenvalue weighted by Gasteiger charge is 2.12. The standard InChI is InChI=1S/C14H21NO4/c1-16-6-2-7-17-8-5-15-10-12-3-4-13-14(9-12)19-11-18-13/h3-4,9,15H,2,5-8,10-11H2,1H3. The van der Waals surface area contributed by atoms with E-state index in [0.717, 1.165) is 44.2 Å². The summed E-state index contributed by atoms with van der Waals surface area (Å²) in [7, 11) is 1.70. The topological polar surface area (TPSA) is 49.0 Å². The SMILES string of the molecule is COCCCOCCNCc1ccc2c(c1)OCO2. The minimum Gasteiger partial charge on any atom is -0.454 e. The normalized spacial score (nSPS) is 12.9. The molecule has 0 saturated heterocycles. The van der Waals surface area contributed by atoms with Gasteiger partial charge in [0.15, 0.2) is 11.5 Å². The summed E-state index contributed by atoms with van der Waals surface area (Å²) >= 11 is 0. The number of benzene rings is 1. The van der Waals surface area contributed by atoms with Gasteiger partial charge in [-0.2, -0.15) is 0 Å². The fourth-order valence-electron chi connectivity index (χ4n) is 1.84. The van der Waals surface area contributed by atoms with Crippen molar-refractivity contribution < 1.29 is 18.9 Å². The lowest BCUT2D eigenvalue weighted by atomic mass is 10.2. The van der Waals surface area contributed by atoms with Crippen LogP contribution in [0.4, 0.5) is 0 Å². The molecule has 0 atom stereocenters. The molecular formula is C14H21NO4. The van der Waals surface area contributed by atoms with E-state index in [-0.39, 0.29) is 0 Å². The van der Waals surface area contributed by atoms with Crippen LogP contribution in [0.1, 0.15) is 12.0 Å². The Morgan fingerprint density at radius 2 is 2.05 bits per heavy atom. The fourth-order valence-corrected chi connectivity index (χ4v) is 1.84. The predicted octanol–water partition coefficient (Wildman–Crippen LogP) is 1.56. The third-order valence-corrected chi connectivity index (χ3v) is 2.83. The molecule has 0 unspecified atom stereocenters. The first kappa shape index (κ1) is 14.1. The van der Waals surface area contributed by atoms with Gasteiger partial charge < -0.3 is 24.3 Å². The first-order valence-electron chi connectivity index (χ1n) is 6.56. The molecule has 2 rings (SSSR count). The van der Waals surface area contributed by atoms with Crippen LogP contribution in [0.2, 0.25) is 0 Å². The highest BCUT2D eigenvalue weighted by Crippen LogP contribution is 2.32. The van der Waals surface area contributed by atoms with Gasteiger partial charge >= 0.3 is 0 Å². The van der Waals surface area contributed by atoms with Crippen molar-refractivity contribution in [1.82, 2.24) is 5.32 Å². The maximum Gasteiger partial charge on any atom is 0.231 e. The molecule has 0 radical (unpaired) electrons. The average Bonchev–Trinajstić information content (AvgIpc) is 2.89. The van der Waals surface area contributed by atoms with Crippen LogP contribution in [0.25, 0.3) is 0 Å². The quantitative estimate of drug-likeness (QED) is 0.688. The highest BCUT2D eigenvalue weighted by molar-refractivity contribution is 5.44. The second-order valence-electron chi connectivity index (χ2n) is 4.32. The van der Waals surface area contributed by atoms with E-state index in [9.17, 15) is 0 Å². The Balaban J connectivity index is 1.56. The van der Waals surface area contributed by atoms with Gasteiger partial charge in [0.05, 0.1) is 6.61 Å². The highest BCUT2D eigenvalue weighted by atomic mass is 16.7. The summed E-state index contributed by atoms with van der Waals surface area (Å²) in [6, 6.07) is 6.00. The third kappa shape index (κ3) is 4.70. The zero-order chi connectivity index (χ0) is 13.3. The van der Waals surface area contributed by atoms with Crippen LogP contribution in [0.15, 0.2) is 18.2 Å². The first-order chi connectivity index (χ1) is 9.40. The second-order valence-corrected chi connectivity index (χ2v) is 4.32. The predicted molar refractivity (Wildman–Crippen MR) is 71.6 cm³/mol. The Morgan fingerprint density at radius 3 is 2.95 bits per heavy atom. The van der Waals surface area contributed by atoms with Gasteiger partial charge in [-0.1, -0.05) is 6.07 Å². The summed E-state index contributed by atoms with van der Waals surface area (Å²) in [6.45, 7) is 4.18. The van der Waals surface area contributed by atoms with Gasteiger partial charge in [-0.25, -0.2) is 0 Å². The van der Waals surface area contributed by atoms with Gasteiger partial charge in [-0.05, 0) is 24.1 Å². The van der Waals surface area contributed by atoms with Gasteiger partial charge in [-0.3, -0.25) is 0 Å². The van der Waals surface area contributed by atoms with Crippen LogP contribution in [0, 0.1) is 0 Å². The number of ether oxygens (including phenoxy) is 4. The summed E-state index contributed by atoms with van der Waals surface area (Å²) < 4.78 is 21.0. The fraction of sp³-hybridized carbons (Fsp3) is 0.571.